The molecule has 1 heterocycles. The molecule has 13 heavy (non-hydrogen) atoms. The molecule has 4 nitrogen and oxygen atoms in total. The summed E-state index contributed by atoms with van der Waals surface area (Å²) in [4.78, 5) is 11.4. The first-order valence-corrected chi connectivity index (χ1v) is 4.75. The maximum absolute atomic E-state index is 11.6. The third-order valence-corrected chi connectivity index (χ3v) is 3.29. The van der Waals surface area contributed by atoms with Gasteiger partial charge in [0.25, 0.3) is 0 Å². The van der Waals surface area contributed by atoms with E-state index in [1.54, 1.807) is 0 Å². The van der Waals surface area contributed by atoms with Gasteiger partial charge >= 0.3 is 0 Å². The Balaban J connectivity index is 2.34. The highest BCUT2D eigenvalue weighted by Gasteiger charge is 2.48. The van der Waals surface area contributed by atoms with Crippen molar-refractivity contribution < 1.29 is 4.76 Å². The molecule has 0 amide bonds. The molecular weight excluding hydrogens is 168 g/mol. The van der Waals surface area contributed by atoms with Crippen molar-refractivity contribution >= 4 is 0 Å². The first-order valence-electron chi connectivity index (χ1n) is 4.75. The fourth-order valence-electron chi connectivity index (χ4n) is 2.36. The molecule has 2 rings (SSSR count). The van der Waals surface area contributed by atoms with Gasteiger partial charge in [0.05, 0.1) is 11.7 Å². The van der Waals surface area contributed by atoms with Gasteiger partial charge in [0, 0.05) is 16.1 Å². The molecule has 72 valence electrons. The lowest BCUT2D eigenvalue weighted by molar-refractivity contribution is -0.548. The fourth-order valence-corrected chi connectivity index (χ4v) is 2.36. The van der Waals surface area contributed by atoms with Crippen molar-refractivity contribution in [2.45, 2.75) is 44.2 Å². The lowest BCUT2D eigenvalue weighted by Crippen LogP contribution is -2.57. The van der Waals surface area contributed by atoms with Crippen molar-refractivity contribution in [2.24, 2.45) is 0 Å². The van der Waals surface area contributed by atoms with Gasteiger partial charge in [-0.05, 0) is 19.8 Å². The molecule has 2 atom stereocenters. The Kier molecular flexibility index (Phi) is 1.87. The number of hydroxylamine groups is 2. The van der Waals surface area contributed by atoms with E-state index >= 15 is 0 Å². The summed E-state index contributed by atoms with van der Waals surface area (Å²) in [7, 11) is 0. The number of nitroso groups, excluding NO2 is 1. The second-order valence-electron chi connectivity index (χ2n) is 4.10. The number of rotatable bonds is 0. The summed E-state index contributed by atoms with van der Waals surface area (Å²) in [6.07, 6.45) is 6.45. The predicted molar refractivity (Wildman–Crippen MR) is 48.6 cm³/mol. The predicted octanol–water partition coefficient (Wildman–Crippen LogP) is 1.75. The molecule has 1 aliphatic carbocycles. The van der Waals surface area contributed by atoms with Gasteiger partial charge in [-0.1, -0.05) is 6.42 Å². The van der Waals surface area contributed by atoms with E-state index in [1.807, 2.05) is 6.92 Å². The zero-order valence-electron chi connectivity index (χ0n) is 7.77. The van der Waals surface area contributed by atoms with Crippen LogP contribution in [-0.2, 0) is 0 Å². The highest BCUT2D eigenvalue weighted by Crippen LogP contribution is 2.37. The van der Waals surface area contributed by atoms with Gasteiger partial charge < -0.3 is 10.3 Å². The average Bonchev–Trinajstić information content (AvgIpc) is 2.12. The van der Waals surface area contributed by atoms with Crippen molar-refractivity contribution in [3.05, 3.63) is 22.5 Å². The van der Waals surface area contributed by atoms with Crippen LogP contribution in [0.15, 0.2) is 12.4 Å². The van der Waals surface area contributed by atoms with E-state index in [1.165, 1.54) is 12.4 Å². The number of hydrogen-bond acceptors (Lipinski definition) is 3. The monoisotopic (exact) mass is 182 g/mol. The van der Waals surface area contributed by atoms with E-state index in [4.69, 9.17) is 0 Å². The Morgan fingerprint density at radius 3 is 3.08 bits per heavy atom. The third kappa shape index (κ3) is 1.16. The topological polar surface area (TPSA) is 46.4 Å². The maximum Gasteiger partial charge on any atom is 0.236 e. The van der Waals surface area contributed by atoms with Crippen LogP contribution in [0.2, 0.25) is 0 Å². The molecule has 0 unspecified atom stereocenters. The van der Waals surface area contributed by atoms with Crippen LogP contribution >= 0.6 is 0 Å². The van der Waals surface area contributed by atoms with Crippen molar-refractivity contribution in [3.8, 4) is 0 Å². The normalized spacial score (nSPS) is 39.1. The van der Waals surface area contributed by atoms with Gasteiger partial charge in [0.15, 0.2) is 0 Å². The van der Waals surface area contributed by atoms with E-state index < -0.39 is 5.54 Å². The van der Waals surface area contributed by atoms with Gasteiger partial charge in [0.2, 0.25) is 12.2 Å². The molecule has 1 fully saturated rings. The highest BCUT2D eigenvalue weighted by molar-refractivity contribution is 5.03. The summed E-state index contributed by atoms with van der Waals surface area (Å²) in [6, 6.07) is -0.149. The lowest BCUT2D eigenvalue weighted by Gasteiger charge is -2.49. The quantitative estimate of drug-likeness (QED) is 0.536. The largest absolute Gasteiger partial charge is 0.758 e. The summed E-state index contributed by atoms with van der Waals surface area (Å²) in [5.41, 5.74) is -0.491. The summed E-state index contributed by atoms with van der Waals surface area (Å²) < 4.78 is 0.938. The SMILES string of the molecule is C[C@@]12CCCC[C@H]1[N+](=O)C=CN2[O-]. The second-order valence-corrected chi connectivity index (χ2v) is 4.10. The Labute approximate surface area is 77.4 Å². The number of nitrogens with zero attached hydrogens (tertiary/aromatic N) is 2. The minimum atomic E-state index is -0.491. The Morgan fingerprint density at radius 2 is 2.38 bits per heavy atom. The van der Waals surface area contributed by atoms with Crippen LogP contribution in [0.3, 0.4) is 0 Å². The summed E-state index contributed by atoms with van der Waals surface area (Å²) in [5, 5.41) is 12.5. The minimum absolute atomic E-state index is 0.149. The van der Waals surface area contributed by atoms with Crippen molar-refractivity contribution in [1.82, 2.24) is 5.06 Å². The highest BCUT2D eigenvalue weighted by atomic mass is 16.5. The maximum atomic E-state index is 11.6. The molecule has 2 aliphatic rings. The molecule has 0 N–H and O–H groups in total. The Bertz CT molecular complexity index is 264. The van der Waals surface area contributed by atoms with E-state index in [2.05, 4.69) is 0 Å². The van der Waals surface area contributed by atoms with Crippen molar-refractivity contribution in [2.75, 3.05) is 0 Å². The minimum Gasteiger partial charge on any atom is -0.758 e. The standard InChI is InChI=1S/C9H14N2O2/c1-9-5-3-2-4-8(9)10(12)6-7-11(9)13/h6-8H,2-5H2,1H3/t8-,9-/m1/s1. The van der Waals surface area contributed by atoms with E-state index in [0.29, 0.717) is 0 Å². The van der Waals surface area contributed by atoms with Crippen molar-refractivity contribution in [3.63, 3.8) is 0 Å². The van der Waals surface area contributed by atoms with Crippen LogP contribution in [0.1, 0.15) is 32.6 Å². The number of fused-ring (bicyclic) bond motifs is 1. The zero-order chi connectivity index (χ0) is 9.47. The molecule has 0 aromatic heterocycles. The first kappa shape index (κ1) is 8.69. The molecule has 0 aromatic carbocycles. The summed E-state index contributed by atoms with van der Waals surface area (Å²) >= 11 is 0. The third-order valence-electron chi connectivity index (χ3n) is 3.29. The van der Waals surface area contributed by atoms with Crippen LogP contribution in [-0.4, -0.2) is 21.4 Å². The van der Waals surface area contributed by atoms with Gasteiger partial charge in [-0.25, -0.2) is 0 Å². The van der Waals surface area contributed by atoms with Crippen LogP contribution in [0, 0.1) is 10.1 Å². The van der Waals surface area contributed by atoms with Gasteiger partial charge in [-0.3, -0.25) is 0 Å². The van der Waals surface area contributed by atoms with Gasteiger partial charge in [-0.15, -0.1) is 0 Å². The van der Waals surface area contributed by atoms with Crippen LogP contribution in [0.25, 0.3) is 0 Å². The zero-order valence-corrected chi connectivity index (χ0v) is 7.77. The van der Waals surface area contributed by atoms with Crippen LogP contribution < -0.4 is 0 Å². The summed E-state index contributed by atoms with van der Waals surface area (Å²) in [5.74, 6) is 0. The van der Waals surface area contributed by atoms with Crippen LogP contribution in [0.5, 0.6) is 0 Å². The molecular formula is C9H14N2O2. The van der Waals surface area contributed by atoms with Crippen molar-refractivity contribution in [1.29, 1.82) is 0 Å². The fraction of sp³-hybridized carbons (Fsp3) is 0.778. The van der Waals surface area contributed by atoms with E-state index in [0.717, 1.165) is 35.5 Å². The van der Waals surface area contributed by atoms with E-state index in [-0.39, 0.29) is 6.04 Å². The molecule has 0 aromatic rings. The van der Waals surface area contributed by atoms with Gasteiger partial charge in [0.1, 0.15) is 0 Å². The van der Waals surface area contributed by atoms with E-state index in [9.17, 15) is 10.1 Å². The molecule has 0 bridgehead atoms. The molecule has 1 saturated carbocycles. The first-order chi connectivity index (χ1) is 6.14. The second kappa shape index (κ2) is 2.80. The Morgan fingerprint density at radius 1 is 1.62 bits per heavy atom. The summed E-state index contributed by atoms with van der Waals surface area (Å²) in [6.45, 7) is 1.89. The molecule has 4 heteroatoms. The number of hydrogen-bond donors (Lipinski definition) is 0. The average molecular weight is 182 g/mol. The molecule has 0 saturated heterocycles. The molecule has 0 radical (unpaired) electrons. The molecule has 1 aliphatic heterocycles. The van der Waals surface area contributed by atoms with Gasteiger partial charge in [-0.2, -0.15) is 0 Å². The smallest absolute Gasteiger partial charge is 0.236 e. The Hall–Kier alpha value is -0.900. The lowest BCUT2D eigenvalue weighted by atomic mass is 9.78. The van der Waals surface area contributed by atoms with Crippen LogP contribution in [0.4, 0.5) is 0 Å². The molecule has 0 spiro atoms.